The molecule has 31 heavy (non-hydrogen) atoms. The minimum Gasteiger partial charge on any atom is -0.497 e. The molecule has 3 heteroatoms. The van der Waals surface area contributed by atoms with Gasteiger partial charge in [0.15, 0.2) is 11.4 Å². The van der Waals surface area contributed by atoms with Gasteiger partial charge in [0.2, 0.25) is 0 Å². The van der Waals surface area contributed by atoms with Gasteiger partial charge in [0, 0.05) is 6.42 Å². The Labute approximate surface area is 185 Å². The molecule has 1 saturated heterocycles. The molecule has 0 amide bonds. The number of allylic oxidation sites excluding steroid dienone is 1. The number of ether oxygens (including phenoxy) is 2. The molecule has 1 aromatic carbocycles. The van der Waals surface area contributed by atoms with Crippen LogP contribution < -0.4 is 4.74 Å². The highest BCUT2D eigenvalue weighted by Gasteiger charge is 2.80. The first-order chi connectivity index (χ1) is 15.0. The lowest BCUT2D eigenvalue weighted by atomic mass is 9.46. The number of epoxide rings is 1. The van der Waals surface area contributed by atoms with Gasteiger partial charge in [-0.2, -0.15) is 0 Å². The average Bonchev–Trinajstić information content (AvgIpc) is 3.27. The van der Waals surface area contributed by atoms with Crippen LogP contribution in [0.3, 0.4) is 0 Å². The van der Waals surface area contributed by atoms with Crippen LogP contribution in [-0.4, -0.2) is 24.1 Å². The van der Waals surface area contributed by atoms with Crippen LogP contribution >= 0.6 is 0 Å². The molecule has 6 rings (SSSR count). The van der Waals surface area contributed by atoms with Gasteiger partial charge in [-0.15, -0.1) is 5.92 Å². The highest BCUT2D eigenvalue weighted by Crippen LogP contribution is 2.75. The Bertz CT molecular complexity index is 1030. The Balaban J connectivity index is 1.47. The van der Waals surface area contributed by atoms with E-state index in [0.717, 1.165) is 31.4 Å². The average molecular weight is 417 g/mol. The van der Waals surface area contributed by atoms with Gasteiger partial charge in [-0.1, -0.05) is 30.6 Å². The Morgan fingerprint density at radius 1 is 1.13 bits per heavy atom. The van der Waals surface area contributed by atoms with Gasteiger partial charge >= 0.3 is 0 Å². The fraction of sp³-hybridized carbons (Fsp3) is 0.607. The summed E-state index contributed by atoms with van der Waals surface area (Å²) in [7, 11) is 1.72. The SMILES string of the molecule is CC#C[C@]12CC[C@H]3[C@@H]4CCC5=CC(=O)CC[C@]5(C)C4[C@@H](c4ccc(OC)cc4)C[C@@]31O2. The summed E-state index contributed by atoms with van der Waals surface area (Å²) in [5.74, 6) is 10.1. The number of carbonyl (C=O) groups excluding carboxylic acids is 1. The maximum atomic E-state index is 12.3. The first-order valence-electron chi connectivity index (χ1n) is 12.0. The summed E-state index contributed by atoms with van der Waals surface area (Å²) in [6, 6.07) is 8.72. The van der Waals surface area contributed by atoms with E-state index in [2.05, 4.69) is 43.0 Å². The van der Waals surface area contributed by atoms with Gasteiger partial charge in [-0.05, 0) is 98.3 Å². The van der Waals surface area contributed by atoms with Gasteiger partial charge in [0.25, 0.3) is 0 Å². The quantitative estimate of drug-likeness (QED) is 0.476. The van der Waals surface area contributed by atoms with E-state index < -0.39 is 0 Å². The van der Waals surface area contributed by atoms with E-state index in [1.54, 1.807) is 7.11 Å². The summed E-state index contributed by atoms with van der Waals surface area (Å²) in [5.41, 5.74) is 2.64. The molecule has 1 aromatic rings. The third kappa shape index (κ3) is 2.49. The topological polar surface area (TPSA) is 38.8 Å². The second kappa shape index (κ2) is 6.48. The molecule has 4 fully saturated rings. The van der Waals surface area contributed by atoms with Crippen molar-refractivity contribution in [3.63, 3.8) is 0 Å². The van der Waals surface area contributed by atoms with Gasteiger partial charge in [-0.3, -0.25) is 4.79 Å². The molecule has 0 bridgehead atoms. The summed E-state index contributed by atoms with van der Waals surface area (Å²) in [6.07, 6.45) is 9.30. The third-order valence-corrected chi connectivity index (χ3v) is 9.65. The van der Waals surface area contributed by atoms with Gasteiger partial charge in [0.1, 0.15) is 11.4 Å². The van der Waals surface area contributed by atoms with Crippen LogP contribution in [0, 0.1) is 35.0 Å². The number of benzene rings is 1. The standard InChI is InChI=1S/C28H32O3/c1-4-13-27-15-12-24-22-10-7-19-16-20(29)11-14-26(19,2)25(22)23(17-28(24,27)31-27)18-5-8-21(30-3)9-6-18/h5-6,8-9,16,22-25H,7,10-12,14-15,17H2,1-3H3/t22-,23+,24-,25?,26-,27-,28+/m0/s1. The van der Waals surface area contributed by atoms with Crippen molar-refractivity contribution in [3.8, 4) is 17.6 Å². The van der Waals surface area contributed by atoms with Crippen LogP contribution in [-0.2, 0) is 9.53 Å². The number of ketones is 1. The van der Waals surface area contributed by atoms with Crippen molar-refractivity contribution >= 4 is 5.78 Å². The largest absolute Gasteiger partial charge is 0.497 e. The van der Waals surface area contributed by atoms with E-state index in [9.17, 15) is 4.79 Å². The summed E-state index contributed by atoms with van der Waals surface area (Å²) < 4.78 is 12.1. The van der Waals surface area contributed by atoms with E-state index in [1.165, 1.54) is 24.0 Å². The summed E-state index contributed by atoms with van der Waals surface area (Å²) in [5, 5.41) is 0. The van der Waals surface area contributed by atoms with E-state index in [1.807, 2.05) is 13.0 Å². The zero-order chi connectivity index (χ0) is 21.4. The van der Waals surface area contributed by atoms with Gasteiger partial charge in [0.05, 0.1) is 7.11 Å². The lowest BCUT2D eigenvalue weighted by Crippen LogP contribution is -2.53. The molecule has 4 aliphatic carbocycles. The molecule has 1 unspecified atom stereocenters. The first kappa shape index (κ1) is 19.6. The molecule has 7 atom stereocenters. The predicted molar refractivity (Wildman–Crippen MR) is 120 cm³/mol. The molecule has 1 heterocycles. The molecule has 0 N–H and O–H groups in total. The highest BCUT2D eigenvalue weighted by atomic mass is 16.6. The van der Waals surface area contributed by atoms with Crippen molar-refractivity contribution in [2.45, 2.75) is 75.9 Å². The maximum absolute atomic E-state index is 12.3. The molecule has 0 radical (unpaired) electrons. The lowest BCUT2D eigenvalue weighted by Gasteiger charge is -2.58. The van der Waals surface area contributed by atoms with E-state index in [0.29, 0.717) is 35.9 Å². The first-order valence-corrected chi connectivity index (χ1v) is 12.0. The van der Waals surface area contributed by atoms with Crippen LogP contribution in [0.4, 0.5) is 0 Å². The number of fused-ring (bicyclic) bond motifs is 4. The minimum absolute atomic E-state index is 0.0656. The highest BCUT2D eigenvalue weighted by molar-refractivity contribution is 5.91. The number of methoxy groups -OCH3 is 1. The molecule has 5 aliphatic rings. The molecule has 3 saturated carbocycles. The molecule has 1 aliphatic heterocycles. The Kier molecular flexibility index (Phi) is 4.10. The van der Waals surface area contributed by atoms with E-state index in [-0.39, 0.29) is 16.6 Å². The number of carbonyl (C=O) groups is 1. The van der Waals surface area contributed by atoms with Crippen molar-refractivity contribution < 1.29 is 14.3 Å². The Morgan fingerprint density at radius 2 is 1.94 bits per heavy atom. The molecular formula is C28H32O3. The zero-order valence-electron chi connectivity index (χ0n) is 18.9. The normalized spacial score (nSPS) is 44.6. The van der Waals surface area contributed by atoms with Crippen LogP contribution in [0.5, 0.6) is 5.75 Å². The smallest absolute Gasteiger partial charge is 0.158 e. The summed E-state index contributed by atoms with van der Waals surface area (Å²) in [4.78, 5) is 12.3. The van der Waals surface area contributed by atoms with Crippen molar-refractivity contribution in [1.82, 2.24) is 0 Å². The van der Waals surface area contributed by atoms with Crippen molar-refractivity contribution in [2.75, 3.05) is 7.11 Å². The predicted octanol–water partition coefficient (Wildman–Crippen LogP) is 5.45. The second-order valence-corrected chi connectivity index (χ2v) is 10.7. The molecule has 0 aromatic heterocycles. The summed E-state index contributed by atoms with van der Waals surface area (Å²) >= 11 is 0. The number of hydrogen-bond donors (Lipinski definition) is 0. The van der Waals surface area contributed by atoms with E-state index >= 15 is 0 Å². The molecular weight excluding hydrogens is 384 g/mol. The van der Waals surface area contributed by atoms with Crippen LogP contribution in [0.25, 0.3) is 0 Å². The van der Waals surface area contributed by atoms with Gasteiger partial charge < -0.3 is 9.47 Å². The van der Waals surface area contributed by atoms with E-state index in [4.69, 9.17) is 9.47 Å². The maximum Gasteiger partial charge on any atom is 0.158 e. The third-order valence-electron chi connectivity index (χ3n) is 9.65. The number of rotatable bonds is 2. The van der Waals surface area contributed by atoms with Crippen molar-refractivity contribution in [1.29, 1.82) is 0 Å². The fourth-order valence-corrected chi connectivity index (χ4v) is 8.34. The second-order valence-electron chi connectivity index (χ2n) is 10.7. The minimum atomic E-state index is -0.207. The van der Waals surface area contributed by atoms with Crippen LogP contribution in [0.1, 0.15) is 70.3 Å². The molecule has 3 nitrogen and oxygen atoms in total. The monoisotopic (exact) mass is 416 g/mol. The number of hydrogen-bond acceptors (Lipinski definition) is 3. The van der Waals surface area contributed by atoms with Crippen LogP contribution in [0.2, 0.25) is 0 Å². The Hall–Kier alpha value is -2.05. The lowest BCUT2D eigenvalue weighted by molar-refractivity contribution is -0.117. The zero-order valence-corrected chi connectivity index (χ0v) is 18.9. The molecule has 1 spiro atoms. The Morgan fingerprint density at radius 3 is 2.68 bits per heavy atom. The van der Waals surface area contributed by atoms with Crippen molar-refractivity contribution in [2.24, 2.45) is 23.2 Å². The fourth-order valence-electron chi connectivity index (χ4n) is 8.34. The van der Waals surface area contributed by atoms with Crippen LogP contribution in [0.15, 0.2) is 35.9 Å². The molecule has 162 valence electrons. The van der Waals surface area contributed by atoms with Crippen molar-refractivity contribution in [3.05, 3.63) is 41.5 Å². The van der Waals surface area contributed by atoms with Gasteiger partial charge in [-0.25, -0.2) is 0 Å². The summed E-state index contributed by atoms with van der Waals surface area (Å²) in [6.45, 7) is 4.40.